The average Bonchev–Trinajstić information content (AvgIpc) is 2.98. The third kappa shape index (κ3) is 5.92. The van der Waals surface area contributed by atoms with Gasteiger partial charge in [-0.25, -0.2) is 4.98 Å². The number of carbonyl (C=O) groups excluding carboxylic acids is 2. The van der Waals surface area contributed by atoms with E-state index in [-0.39, 0.29) is 23.3 Å². The molecule has 0 aliphatic heterocycles. The lowest BCUT2D eigenvalue weighted by atomic mass is 10.2. The van der Waals surface area contributed by atoms with Crippen LogP contribution in [0.15, 0.2) is 28.9 Å². The number of pyridine rings is 1. The molecule has 0 saturated heterocycles. The van der Waals surface area contributed by atoms with Crippen LogP contribution in [0, 0.1) is 6.92 Å². The Morgan fingerprint density at radius 3 is 2.79 bits per heavy atom. The largest absolute Gasteiger partial charge is 0.481 e. The summed E-state index contributed by atoms with van der Waals surface area (Å²) in [5.41, 5.74) is 0.888. The number of hydrogen-bond donors (Lipinski definition) is 2. The van der Waals surface area contributed by atoms with Crippen LogP contribution >= 0.6 is 11.8 Å². The zero-order valence-electron chi connectivity index (χ0n) is 13.4. The van der Waals surface area contributed by atoms with Crippen molar-refractivity contribution < 1.29 is 18.8 Å². The van der Waals surface area contributed by atoms with Gasteiger partial charge < -0.3 is 19.9 Å². The van der Waals surface area contributed by atoms with Crippen LogP contribution in [0.2, 0.25) is 0 Å². The number of amides is 2. The first kappa shape index (κ1) is 17.8. The molecule has 0 atom stereocenters. The molecule has 0 spiro atoms. The highest BCUT2D eigenvalue weighted by Gasteiger charge is 2.08. The van der Waals surface area contributed by atoms with Crippen LogP contribution in [0.3, 0.4) is 0 Å². The van der Waals surface area contributed by atoms with Crippen molar-refractivity contribution in [2.24, 2.45) is 0 Å². The lowest BCUT2D eigenvalue weighted by molar-refractivity contribution is -0.118. The number of carbonyl (C=O) groups is 2. The van der Waals surface area contributed by atoms with Crippen molar-refractivity contribution >= 4 is 29.4 Å². The highest BCUT2D eigenvalue weighted by molar-refractivity contribution is 8.00. The summed E-state index contributed by atoms with van der Waals surface area (Å²) in [6.07, 6.45) is 1.62. The standard InChI is InChI=1S/C15H18N4O4S/c1-10-5-12(19-23-10)18-14(21)9-24-8-13(20)17-7-11-3-4-16-15(6-11)22-2/h3-6H,7-9H2,1-2H3,(H,17,20)(H,18,19,21). The van der Waals surface area contributed by atoms with Crippen LogP contribution in [0.25, 0.3) is 0 Å². The number of anilines is 1. The number of aryl methyl sites for hydroxylation is 1. The summed E-state index contributed by atoms with van der Waals surface area (Å²) in [4.78, 5) is 27.5. The van der Waals surface area contributed by atoms with E-state index in [0.717, 1.165) is 5.56 Å². The summed E-state index contributed by atoms with van der Waals surface area (Å²) in [6.45, 7) is 2.11. The Bertz CT molecular complexity index is 704. The van der Waals surface area contributed by atoms with E-state index in [1.54, 1.807) is 31.3 Å². The van der Waals surface area contributed by atoms with Crippen molar-refractivity contribution in [3.8, 4) is 5.88 Å². The molecular weight excluding hydrogens is 332 g/mol. The lowest BCUT2D eigenvalue weighted by Crippen LogP contribution is -2.25. The quantitative estimate of drug-likeness (QED) is 0.740. The molecule has 2 amide bonds. The van der Waals surface area contributed by atoms with Crippen LogP contribution in [-0.2, 0) is 16.1 Å². The second kappa shape index (κ2) is 8.92. The number of aromatic nitrogens is 2. The topological polar surface area (TPSA) is 106 Å². The van der Waals surface area contributed by atoms with Crippen LogP contribution in [-0.4, -0.2) is 40.6 Å². The maximum absolute atomic E-state index is 11.8. The number of hydrogen-bond acceptors (Lipinski definition) is 7. The number of methoxy groups -OCH3 is 1. The van der Waals surface area contributed by atoms with Crippen LogP contribution < -0.4 is 15.4 Å². The number of nitrogens with zero attached hydrogens (tertiary/aromatic N) is 2. The number of ether oxygens (including phenoxy) is 1. The number of nitrogens with one attached hydrogen (secondary N) is 2. The molecule has 0 bridgehead atoms. The fraction of sp³-hybridized carbons (Fsp3) is 0.333. The molecule has 2 aromatic rings. The van der Waals surface area contributed by atoms with Gasteiger partial charge in [0.2, 0.25) is 17.7 Å². The SMILES string of the molecule is COc1cc(CNC(=O)CSCC(=O)Nc2cc(C)on2)ccn1. The van der Waals surface area contributed by atoms with E-state index in [0.29, 0.717) is 24.0 Å². The summed E-state index contributed by atoms with van der Waals surface area (Å²) in [5, 5.41) is 9.03. The van der Waals surface area contributed by atoms with Crippen LogP contribution in [0.4, 0.5) is 5.82 Å². The van der Waals surface area contributed by atoms with Gasteiger partial charge in [-0.05, 0) is 18.6 Å². The number of thioether (sulfide) groups is 1. The summed E-state index contributed by atoms with van der Waals surface area (Å²) >= 11 is 1.22. The van der Waals surface area contributed by atoms with Gasteiger partial charge in [-0.3, -0.25) is 9.59 Å². The summed E-state index contributed by atoms with van der Waals surface area (Å²) in [7, 11) is 1.53. The van der Waals surface area contributed by atoms with Crippen molar-refractivity contribution in [1.82, 2.24) is 15.5 Å². The molecule has 0 saturated carbocycles. The summed E-state index contributed by atoms with van der Waals surface area (Å²) in [5.74, 6) is 1.44. The minimum Gasteiger partial charge on any atom is -0.481 e. The van der Waals surface area contributed by atoms with E-state index >= 15 is 0 Å². The molecule has 128 valence electrons. The first-order valence-corrected chi connectivity index (χ1v) is 8.29. The highest BCUT2D eigenvalue weighted by Crippen LogP contribution is 2.09. The average molecular weight is 350 g/mol. The second-order valence-electron chi connectivity index (χ2n) is 4.85. The van der Waals surface area contributed by atoms with Gasteiger partial charge in [0.1, 0.15) is 5.76 Å². The molecule has 0 unspecified atom stereocenters. The van der Waals surface area contributed by atoms with Gasteiger partial charge in [0, 0.05) is 24.9 Å². The van der Waals surface area contributed by atoms with Gasteiger partial charge in [-0.1, -0.05) is 5.16 Å². The molecule has 0 aliphatic carbocycles. The zero-order valence-corrected chi connectivity index (χ0v) is 14.2. The van der Waals surface area contributed by atoms with Gasteiger partial charge in [0.05, 0.1) is 18.6 Å². The molecular formula is C15H18N4O4S. The van der Waals surface area contributed by atoms with E-state index in [1.807, 2.05) is 0 Å². The van der Waals surface area contributed by atoms with Crippen molar-refractivity contribution in [1.29, 1.82) is 0 Å². The molecule has 24 heavy (non-hydrogen) atoms. The molecule has 0 radical (unpaired) electrons. The summed E-state index contributed by atoms with van der Waals surface area (Å²) in [6, 6.07) is 5.17. The van der Waals surface area contributed by atoms with Gasteiger partial charge in [0.15, 0.2) is 5.82 Å². The first-order valence-electron chi connectivity index (χ1n) is 7.13. The van der Waals surface area contributed by atoms with Crippen molar-refractivity contribution in [3.05, 3.63) is 35.7 Å². The van der Waals surface area contributed by atoms with E-state index in [2.05, 4.69) is 20.8 Å². The fourth-order valence-corrected chi connectivity index (χ4v) is 2.41. The smallest absolute Gasteiger partial charge is 0.235 e. The van der Waals surface area contributed by atoms with Crippen molar-refractivity contribution in [3.63, 3.8) is 0 Å². The predicted octanol–water partition coefficient (Wildman–Crippen LogP) is 1.37. The molecule has 2 rings (SSSR count). The molecule has 0 fully saturated rings. The van der Waals surface area contributed by atoms with Crippen molar-refractivity contribution in [2.75, 3.05) is 23.9 Å². The van der Waals surface area contributed by atoms with E-state index in [1.165, 1.54) is 18.9 Å². The fourth-order valence-electron chi connectivity index (χ4n) is 1.76. The Hall–Kier alpha value is -2.55. The van der Waals surface area contributed by atoms with Gasteiger partial charge in [0.25, 0.3) is 0 Å². The lowest BCUT2D eigenvalue weighted by Gasteiger charge is -2.06. The van der Waals surface area contributed by atoms with E-state index in [4.69, 9.17) is 9.26 Å². The third-order valence-corrected chi connectivity index (χ3v) is 3.79. The monoisotopic (exact) mass is 350 g/mol. The normalized spacial score (nSPS) is 10.2. The summed E-state index contributed by atoms with van der Waals surface area (Å²) < 4.78 is 9.87. The molecule has 0 aromatic carbocycles. The third-order valence-electron chi connectivity index (χ3n) is 2.86. The van der Waals surface area contributed by atoms with Crippen LogP contribution in [0.1, 0.15) is 11.3 Å². The van der Waals surface area contributed by atoms with Crippen molar-refractivity contribution in [2.45, 2.75) is 13.5 Å². The van der Waals surface area contributed by atoms with Gasteiger partial charge in [-0.15, -0.1) is 11.8 Å². The first-order chi connectivity index (χ1) is 11.6. The maximum atomic E-state index is 11.8. The molecule has 2 aromatic heterocycles. The van der Waals surface area contributed by atoms with Crippen LogP contribution in [0.5, 0.6) is 5.88 Å². The molecule has 2 heterocycles. The number of rotatable bonds is 8. The van der Waals surface area contributed by atoms with Gasteiger partial charge >= 0.3 is 0 Å². The molecule has 2 N–H and O–H groups in total. The minimum absolute atomic E-state index is 0.152. The highest BCUT2D eigenvalue weighted by atomic mass is 32.2. The Morgan fingerprint density at radius 2 is 2.08 bits per heavy atom. The molecule has 0 aliphatic rings. The Morgan fingerprint density at radius 1 is 1.29 bits per heavy atom. The van der Waals surface area contributed by atoms with E-state index in [9.17, 15) is 9.59 Å². The Balaban J connectivity index is 1.64. The molecule has 9 heteroatoms. The second-order valence-corrected chi connectivity index (χ2v) is 5.83. The van der Waals surface area contributed by atoms with Gasteiger partial charge in [-0.2, -0.15) is 0 Å². The van der Waals surface area contributed by atoms with E-state index < -0.39 is 0 Å². The predicted molar refractivity (Wildman–Crippen MR) is 89.8 cm³/mol. The molecule has 8 nitrogen and oxygen atoms in total. The maximum Gasteiger partial charge on any atom is 0.235 e. The Kier molecular flexibility index (Phi) is 6.62. The Labute approximate surface area is 143 Å². The minimum atomic E-state index is -0.236. The zero-order chi connectivity index (χ0) is 17.4.